The van der Waals surface area contributed by atoms with E-state index >= 15 is 0 Å². The van der Waals surface area contributed by atoms with Crippen molar-refractivity contribution in [2.45, 2.75) is 46.0 Å². The Labute approximate surface area is 136 Å². The Morgan fingerprint density at radius 3 is 2.78 bits per heavy atom. The van der Waals surface area contributed by atoms with Gasteiger partial charge in [0.15, 0.2) is 5.78 Å². The molecule has 23 heavy (non-hydrogen) atoms. The number of nitrogens with one attached hydrogen (secondary N) is 3. The first-order valence-corrected chi connectivity index (χ1v) is 7.94. The second kappa shape index (κ2) is 8.38. The van der Waals surface area contributed by atoms with Crippen LogP contribution in [-0.2, 0) is 6.42 Å². The number of rotatable bonds is 9. The van der Waals surface area contributed by atoms with E-state index in [2.05, 4.69) is 21.6 Å². The molecule has 1 aromatic carbocycles. The molecule has 0 saturated carbocycles. The molecule has 4 N–H and O–H groups in total. The SMILES string of the molecule is CCCc1c(OCCCCC2=NNNN2)ccc(C(C)=O)c1O. The number of phenolic OH excluding ortho intramolecular Hbond substituents is 1. The van der Waals surface area contributed by atoms with Gasteiger partial charge in [-0.25, -0.2) is 5.53 Å². The predicted octanol–water partition coefficient (Wildman–Crippen LogP) is 2.02. The van der Waals surface area contributed by atoms with Crippen LogP contribution in [0.25, 0.3) is 0 Å². The Morgan fingerprint density at radius 1 is 1.30 bits per heavy atom. The Morgan fingerprint density at radius 2 is 2.13 bits per heavy atom. The minimum atomic E-state index is -0.140. The highest BCUT2D eigenvalue weighted by Gasteiger charge is 2.15. The first kappa shape index (κ1) is 17.1. The second-order valence-corrected chi connectivity index (χ2v) is 5.47. The number of nitrogens with zero attached hydrogens (tertiary/aromatic N) is 1. The summed E-state index contributed by atoms with van der Waals surface area (Å²) in [5.74, 6) is 1.45. The smallest absolute Gasteiger partial charge is 0.163 e. The Hall–Kier alpha value is -2.28. The molecule has 0 spiro atoms. The summed E-state index contributed by atoms with van der Waals surface area (Å²) in [6.45, 7) is 4.04. The van der Waals surface area contributed by atoms with Crippen molar-refractivity contribution >= 4 is 11.6 Å². The molecule has 0 atom stereocenters. The zero-order chi connectivity index (χ0) is 16.7. The second-order valence-electron chi connectivity index (χ2n) is 5.47. The van der Waals surface area contributed by atoms with Crippen molar-refractivity contribution in [2.75, 3.05) is 6.61 Å². The molecule has 0 radical (unpaired) electrons. The number of Topliss-reactive ketones (excluding diaryl/α,β-unsaturated/α-hetero) is 1. The van der Waals surface area contributed by atoms with Gasteiger partial charge in [-0.2, -0.15) is 0 Å². The van der Waals surface area contributed by atoms with Crippen LogP contribution in [0.1, 0.15) is 55.5 Å². The van der Waals surface area contributed by atoms with Gasteiger partial charge in [0.05, 0.1) is 12.2 Å². The number of benzene rings is 1. The molecule has 1 heterocycles. The molecular weight excluding hydrogens is 296 g/mol. The van der Waals surface area contributed by atoms with E-state index in [0.29, 0.717) is 24.3 Å². The third-order valence-electron chi connectivity index (χ3n) is 3.64. The predicted molar refractivity (Wildman–Crippen MR) is 88.3 cm³/mol. The van der Waals surface area contributed by atoms with E-state index in [4.69, 9.17) is 4.74 Å². The number of hydrogen-bond acceptors (Lipinski definition) is 7. The van der Waals surface area contributed by atoms with Gasteiger partial charge in [-0.15, -0.1) is 10.6 Å². The number of hydrogen-bond donors (Lipinski definition) is 4. The standard InChI is InChI=1S/C16H24N4O3/c1-3-6-13-14(9-8-12(11(2)21)16(13)22)23-10-5-4-7-15-17-19-20-18-15/h8-9,19-20,22H,3-7,10H2,1-2H3,(H,17,18). The summed E-state index contributed by atoms with van der Waals surface area (Å²) >= 11 is 0. The first-order chi connectivity index (χ1) is 11.1. The van der Waals surface area contributed by atoms with Crippen LogP contribution in [0.2, 0.25) is 0 Å². The number of ketones is 1. The van der Waals surface area contributed by atoms with Gasteiger partial charge in [-0.1, -0.05) is 13.3 Å². The average molecular weight is 320 g/mol. The molecule has 0 fully saturated rings. The highest BCUT2D eigenvalue weighted by atomic mass is 16.5. The fraction of sp³-hybridized carbons (Fsp3) is 0.500. The van der Waals surface area contributed by atoms with Gasteiger partial charge in [-0.05, 0) is 38.3 Å². The minimum Gasteiger partial charge on any atom is -0.507 e. The van der Waals surface area contributed by atoms with Crippen LogP contribution in [0.3, 0.4) is 0 Å². The fourth-order valence-corrected chi connectivity index (χ4v) is 2.45. The molecule has 0 bridgehead atoms. The van der Waals surface area contributed by atoms with Crippen molar-refractivity contribution in [3.05, 3.63) is 23.3 Å². The summed E-state index contributed by atoms with van der Waals surface area (Å²) in [6.07, 6.45) is 4.20. The number of phenols is 1. The maximum Gasteiger partial charge on any atom is 0.163 e. The van der Waals surface area contributed by atoms with Gasteiger partial charge in [-0.3, -0.25) is 10.2 Å². The molecular formula is C16H24N4O3. The molecule has 0 aromatic heterocycles. The van der Waals surface area contributed by atoms with E-state index in [-0.39, 0.29) is 11.5 Å². The maximum absolute atomic E-state index is 11.5. The quantitative estimate of drug-likeness (QED) is 0.411. The van der Waals surface area contributed by atoms with Gasteiger partial charge >= 0.3 is 0 Å². The molecule has 1 aromatic rings. The van der Waals surface area contributed by atoms with E-state index in [1.54, 1.807) is 12.1 Å². The van der Waals surface area contributed by atoms with Crippen molar-refractivity contribution in [3.63, 3.8) is 0 Å². The lowest BCUT2D eigenvalue weighted by Gasteiger charge is -2.14. The first-order valence-electron chi connectivity index (χ1n) is 7.94. The van der Waals surface area contributed by atoms with Crippen molar-refractivity contribution < 1.29 is 14.6 Å². The molecule has 0 unspecified atom stereocenters. The van der Waals surface area contributed by atoms with Gasteiger partial charge in [0.2, 0.25) is 0 Å². The number of unbranched alkanes of at least 4 members (excludes halogenated alkanes) is 1. The minimum absolute atomic E-state index is 0.0542. The highest BCUT2D eigenvalue weighted by molar-refractivity contribution is 5.97. The van der Waals surface area contributed by atoms with Crippen LogP contribution in [0.5, 0.6) is 11.5 Å². The third kappa shape index (κ3) is 4.59. The summed E-state index contributed by atoms with van der Waals surface area (Å²) in [5.41, 5.74) is 9.28. The largest absolute Gasteiger partial charge is 0.507 e. The van der Waals surface area contributed by atoms with E-state index < -0.39 is 0 Å². The molecule has 0 aliphatic carbocycles. The molecule has 0 amide bonds. The number of hydrazine groups is 2. The van der Waals surface area contributed by atoms with Crippen LogP contribution in [0.4, 0.5) is 0 Å². The molecule has 1 aliphatic rings. The van der Waals surface area contributed by atoms with E-state index in [1.807, 2.05) is 6.92 Å². The van der Waals surface area contributed by atoms with E-state index in [0.717, 1.165) is 37.1 Å². The number of aromatic hydroxyl groups is 1. The Bertz CT molecular complexity index is 587. The summed E-state index contributed by atoms with van der Waals surface area (Å²) in [7, 11) is 0. The lowest BCUT2D eigenvalue weighted by Crippen LogP contribution is -2.34. The van der Waals surface area contributed by atoms with Crippen LogP contribution < -0.4 is 21.2 Å². The van der Waals surface area contributed by atoms with Crippen molar-refractivity contribution in [2.24, 2.45) is 5.10 Å². The van der Waals surface area contributed by atoms with Gasteiger partial charge in [0, 0.05) is 12.0 Å². The zero-order valence-corrected chi connectivity index (χ0v) is 13.6. The van der Waals surface area contributed by atoms with Gasteiger partial charge < -0.3 is 9.84 Å². The van der Waals surface area contributed by atoms with Crippen LogP contribution >= 0.6 is 0 Å². The number of carbonyl (C=O) groups is 1. The highest BCUT2D eigenvalue weighted by Crippen LogP contribution is 2.33. The lowest BCUT2D eigenvalue weighted by molar-refractivity contribution is 0.101. The summed E-state index contributed by atoms with van der Waals surface area (Å²) in [6, 6.07) is 3.40. The normalized spacial score (nSPS) is 13.2. The Kier molecular flexibility index (Phi) is 6.22. The number of ether oxygens (including phenoxy) is 1. The van der Waals surface area contributed by atoms with Crippen molar-refractivity contribution in [3.8, 4) is 11.5 Å². The van der Waals surface area contributed by atoms with Crippen molar-refractivity contribution in [1.29, 1.82) is 0 Å². The third-order valence-corrected chi connectivity index (χ3v) is 3.64. The monoisotopic (exact) mass is 320 g/mol. The average Bonchev–Trinajstić information content (AvgIpc) is 3.03. The van der Waals surface area contributed by atoms with Crippen molar-refractivity contribution in [1.82, 2.24) is 16.5 Å². The fourth-order valence-electron chi connectivity index (χ4n) is 2.45. The summed E-state index contributed by atoms with van der Waals surface area (Å²) in [4.78, 5) is 11.5. The zero-order valence-electron chi connectivity index (χ0n) is 13.6. The molecule has 1 aliphatic heterocycles. The lowest BCUT2D eigenvalue weighted by atomic mass is 10.0. The number of hydrazone groups is 1. The Balaban J connectivity index is 1.90. The number of amidine groups is 1. The molecule has 0 saturated heterocycles. The van der Waals surface area contributed by atoms with Gasteiger partial charge in [0.1, 0.15) is 17.3 Å². The molecule has 126 valence electrons. The molecule has 7 nitrogen and oxygen atoms in total. The maximum atomic E-state index is 11.5. The van der Waals surface area contributed by atoms with Crippen LogP contribution in [-0.4, -0.2) is 23.3 Å². The number of carbonyl (C=O) groups excluding carboxylic acids is 1. The topological polar surface area (TPSA) is 95.0 Å². The van der Waals surface area contributed by atoms with E-state index in [9.17, 15) is 9.90 Å². The summed E-state index contributed by atoms with van der Waals surface area (Å²) < 4.78 is 5.81. The van der Waals surface area contributed by atoms with Crippen LogP contribution in [0, 0.1) is 0 Å². The van der Waals surface area contributed by atoms with E-state index in [1.165, 1.54) is 6.92 Å². The molecule has 7 heteroatoms. The van der Waals surface area contributed by atoms with Crippen LogP contribution in [0.15, 0.2) is 17.2 Å². The summed E-state index contributed by atoms with van der Waals surface area (Å²) in [5, 5.41) is 14.3. The van der Waals surface area contributed by atoms with Gasteiger partial charge in [0.25, 0.3) is 0 Å². The molecule has 2 rings (SSSR count).